The fourth-order valence-corrected chi connectivity index (χ4v) is 5.30. The van der Waals surface area contributed by atoms with E-state index < -0.39 is 17.6 Å². The molecule has 2 N–H and O–H groups in total. The van der Waals surface area contributed by atoms with Gasteiger partial charge in [-0.1, -0.05) is 78.9 Å². The molecule has 4 rings (SSSR count). The molecule has 0 spiro atoms. The second-order valence-corrected chi connectivity index (χ2v) is 9.96. The van der Waals surface area contributed by atoms with E-state index >= 15 is 0 Å². The van der Waals surface area contributed by atoms with Gasteiger partial charge in [0, 0.05) is 12.3 Å². The molecule has 1 aliphatic heterocycles. The molecule has 10 heteroatoms. The van der Waals surface area contributed by atoms with Gasteiger partial charge in [0.1, 0.15) is 17.1 Å². The molecule has 1 saturated heterocycles. The number of likely N-dealkylation sites (tertiary alicyclic amines) is 1. The number of para-hydroxylation sites is 1. The number of carbonyl (C=O) groups is 3. The summed E-state index contributed by atoms with van der Waals surface area (Å²) in [7, 11) is 2.15. The highest BCUT2D eigenvalue weighted by Gasteiger charge is 2.53. The van der Waals surface area contributed by atoms with Crippen molar-refractivity contribution >= 4 is 17.8 Å². The van der Waals surface area contributed by atoms with Crippen LogP contribution in [0.5, 0.6) is 5.75 Å². The fourth-order valence-electron chi connectivity index (χ4n) is 5.30. The molecule has 0 radical (unpaired) electrons. The molecule has 1 amide bonds. The monoisotopic (exact) mass is 556 g/mol. The summed E-state index contributed by atoms with van der Waals surface area (Å²) >= 11 is 0. The number of primary amides is 1. The van der Waals surface area contributed by atoms with Gasteiger partial charge < -0.3 is 24.9 Å². The zero-order valence-electron chi connectivity index (χ0n) is 22.0. The van der Waals surface area contributed by atoms with Gasteiger partial charge >= 0.3 is 12.1 Å². The third-order valence-electron chi connectivity index (χ3n) is 7.20. The van der Waals surface area contributed by atoms with Crippen molar-refractivity contribution < 1.29 is 41.9 Å². The van der Waals surface area contributed by atoms with Crippen LogP contribution in [0.2, 0.25) is 0 Å². The van der Waals surface area contributed by atoms with Gasteiger partial charge in [-0.05, 0) is 23.3 Å². The Balaban J connectivity index is 0.000000559. The highest BCUT2D eigenvalue weighted by atomic mass is 19.4. The fraction of sp³-hybridized carbons (Fsp3) is 0.300. The van der Waals surface area contributed by atoms with E-state index in [0.29, 0.717) is 23.2 Å². The number of esters is 1. The predicted molar refractivity (Wildman–Crippen MR) is 140 cm³/mol. The van der Waals surface area contributed by atoms with Gasteiger partial charge in [0.2, 0.25) is 5.91 Å². The molecule has 0 aromatic heterocycles. The number of aliphatic carboxylic acids is 1. The van der Waals surface area contributed by atoms with Gasteiger partial charge in [-0.2, -0.15) is 13.2 Å². The van der Waals surface area contributed by atoms with Gasteiger partial charge in [0.15, 0.2) is 0 Å². The van der Waals surface area contributed by atoms with Gasteiger partial charge in [-0.25, -0.2) is 0 Å². The molecule has 0 bridgehead atoms. The Bertz CT molecular complexity index is 1250. The van der Waals surface area contributed by atoms with E-state index in [0.717, 1.165) is 30.6 Å². The molecule has 2 atom stereocenters. The minimum Gasteiger partial charge on any atom is -0.542 e. The Morgan fingerprint density at radius 3 is 1.77 bits per heavy atom. The molecule has 0 saturated carbocycles. The zero-order valence-corrected chi connectivity index (χ0v) is 22.0. The number of nitrogens with two attached hydrogens (primary N) is 1. The summed E-state index contributed by atoms with van der Waals surface area (Å²) in [4.78, 5) is 34.5. The first kappa shape index (κ1) is 30.4. The van der Waals surface area contributed by atoms with Crippen molar-refractivity contribution in [2.45, 2.75) is 24.4 Å². The lowest BCUT2D eigenvalue weighted by Gasteiger charge is -2.38. The molecule has 1 fully saturated rings. The van der Waals surface area contributed by atoms with Crippen molar-refractivity contribution in [1.29, 1.82) is 0 Å². The standard InChI is InChI=1S/C28H30N2O3.C2HF3O2/c1-30(20-18-26(31)33-25-15-9-4-10-16-25)19-17-24(21-30)28(27(29)32,22-11-5-2-6-12-22)23-13-7-3-8-14-23;3-2(4,5)1(6)7/h2-16,24H,17-21H2,1H3,(H-,29,32);(H,6,7). The molecule has 0 aliphatic carbocycles. The summed E-state index contributed by atoms with van der Waals surface area (Å²) in [5.74, 6) is -2.99. The van der Waals surface area contributed by atoms with E-state index in [9.17, 15) is 22.8 Å². The van der Waals surface area contributed by atoms with Crippen molar-refractivity contribution in [2.24, 2.45) is 11.7 Å². The Kier molecular flexibility index (Phi) is 9.70. The van der Waals surface area contributed by atoms with Crippen LogP contribution in [-0.2, 0) is 19.8 Å². The number of carbonyl (C=O) groups excluding carboxylic acids is 3. The van der Waals surface area contributed by atoms with Gasteiger partial charge in [-0.15, -0.1) is 0 Å². The number of alkyl halides is 3. The van der Waals surface area contributed by atoms with E-state index in [1.54, 1.807) is 12.1 Å². The molecule has 7 nitrogen and oxygen atoms in total. The van der Waals surface area contributed by atoms with Crippen molar-refractivity contribution in [3.05, 3.63) is 102 Å². The summed E-state index contributed by atoms with van der Waals surface area (Å²) in [5.41, 5.74) is 7.12. The number of nitrogens with zero attached hydrogens (tertiary/aromatic N) is 1. The van der Waals surface area contributed by atoms with E-state index in [4.69, 9.17) is 20.4 Å². The lowest BCUT2D eigenvalue weighted by atomic mass is 9.64. The van der Waals surface area contributed by atoms with Gasteiger partial charge in [0.05, 0.1) is 33.1 Å². The second kappa shape index (κ2) is 12.8. The summed E-state index contributed by atoms with van der Waals surface area (Å²) in [6.07, 6.45) is -4.03. The van der Waals surface area contributed by atoms with Crippen LogP contribution in [0.3, 0.4) is 0 Å². The van der Waals surface area contributed by atoms with Crippen LogP contribution in [0.25, 0.3) is 0 Å². The first-order valence-corrected chi connectivity index (χ1v) is 12.7. The number of hydrogen-bond donors (Lipinski definition) is 1. The van der Waals surface area contributed by atoms with E-state index in [2.05, 4.69) is 7.05 Å². The number of carboxylic acids is 1. The average molecular weight is 557 g/mol. The van der Waals surface area contributed by atoms with Gasteiger partial charge in [-0.3, -0.25) is 9.59 Å². The number of halogens is 3. The second-order valence-electron chi connectivity index (χ2n) is 9.96. The van der Waals surface area contributed by atoms with Crippen LogP contribution in [0.1, 0.15) is 24.0 Å². The average Bonchev–Trinajstić information content (AvgIpc) is 3.32. The Morgan fingerprint density at radius 2 is 1.35 bits per heavy atom. The van der Waals surface area contributed by atoms with Crippen molar-refractivity contribution in [1.82, 2.24) is 0 Å². The number of amides is 1. The maximum Gasteiger partial charge on any atom is 0.430 e. The Labute approximate surface area is 230 Å². The summed E-state index contributed by atoms with van der Waals surface area (Å²) in [5, 5.41) is 8.78. The minimum absolute atomic E-state index is 0.0231. The largest absolute Gasteiger partial charge is 0.542 e. The third kappa shape index (κ3) is 7.26. The number of carboxylic acid groups (broad SMARTS) is 1. The first-order chi connectivity index (χ1) is 18.9. The topological polar surface area (TPSA) is 110 Å². The number of benzene rings is 3. The zero-order chi connectivity index (χ0) is 29.4. The maximum absolute atomic E-state index is 13.2. The number of ether oxygens (including phenoxy) is 1. The van der Waals surface area contributed by atoms with Crippen LogP contribution in [-0.4, -0.2) is 55.2 Å². The van der Waals surface area contributed by atoms with E-state index in [-0.39, 0.29) is 17.8 Å². The van der Waals surface area contributed by atoms with Crippen molar-refractivity contribution in [2.75, 3.05) is 26.7 Å². The molecular formula is C30H31F3N2O5. The van der Waals surface area contributed by atoms with Crippen LogP contribution >= 0.6 is 0 Å². The van der Waals surface area contributed by atoms with Crippen LogP contribution < -0.4 is 15.6 Å². The van der Waals surface area contributed by atoms with Crippen LogP contribution in [0, 0.1) is 5.92 Å². The van der Waals surface area contributed by atoms with Crippen molar-refractivity contribution in [3.8, 4) is 5.75 Å². The molecule has 3 aromatic rings. The third-order valence-corrected chi connectivity index (χ3v) is 7.20. The summed E-state index contributed by atoms with van der Waals surface area (Å²) in [6.45, 7) is 2.28. The van der Waals surface area contributed by atoms with Crippen molar-refractivity contribution in [3.63, 3.8) is 0 Å². The normalized spacial score (nSPS) is 18.8. The minimum atomic E-state index is -5.19. The maximum atomic E-state index is 13.2. The Morgan fingerprint density at radius 1 is 0.900 bits per heavy atom. The quantitative estimate of drug-likeness (QED) is 0.260. The van der Waals surface area contributed by atoms with Crippen LogP contribution in [0.4, 0.5) is 13.2 Å². The number of rotatable bonds is 8. The lowest BCUT2D eigenvalue weighted by Crippen LogP contribution is -2.51. The summed E-state index contributed by atoms with van der Waals surface area (Å²) in [6, 6.07) is 28.9. The number of hydrogen-bond acceptors (Lipinski definition) is 5. The van der Waals surface area contributed by atoms with Crippen LogP contribution in [0.15, 0.2) is 91.0 Å². The highest BCUT2D eigenvalue weighted by molar-refractivity contribution is 5.91. The molecule has 212 valence electrons. The smallest absolute Gasteiger partial charge is 0.430 e. The molecular weight excluding hydrogens is 525 g/mol. The van der Waals surface area contributed by atoms with E-state index in [1.165, 1.54) is 0 Å². The molecule has 1 heterocycles. The molecule has 3 aromatic carbocycles. The lowest BCUT2D eigenvalue weighted by molar-refractivity contribution is -0.898. The first-order valence-electron chi connectivity index (χ1n) is 12.7. The molecule has 1 aliphatic rings. The van der Waals surface area contributed by atoms with E-state index in [1.807, 2.05) is 78.9 Å². The van der Waals surface area contributed by atoms with Gasteiger partial charge in [0.25, 0.3) is 0 Å². The summed E-state index contributed by atoms with van der Waals surface area (Å²) < 4.78 is 37.7. The highest BCUT2D eigenvalue weighted by Crippen LogP contribution is 2.45. The SMILES string of the molecule is C[N+]1(CCC(=O)Oc2ccccc2)CCC(C(C(N)=O)(c2ccccc2)c2ccccc2)C1.O=C([O-])C(F)(F)F. The number of quaternary nitrogens is 1. The molecule has 2 unspecified atom stereocenters. The predicted octanol–water partition coefficient (Wildman–Crippen LogP) is 3.22. The Hall–Kier alpha value is -4.18. The molecule has 40 heavy (non-hydrogen) atoms.